The van der Waals surface area contributed by atoms with Crippen molar-refractivity contribution in [2.75, 3.05) is 13.1 Å². The van der Waals surface area contributed by atoms with E-state index in [0.29, 0.717) is 117 Å². The van der Waals surface area contributed by atoms with Crippen molar-refractivity contribution in [1.82, 2.24) is 20.4 Å². The molecule has 12 heteroatoms. The third-order valence-electron chi connectivity index (χ3n) is 18.8. The minimum Gasteiger partial charge on any atom is -0.288 e. The largest absolute Gasteiger partial charge is 0.288 e. The molecule has 0 radical (unpaired) electrons. The number of nitrogens with zero attached hydrogens (tertiary/aromatic N) is 2. The molecule has 0 spiro atoms. The van der Waals surface area contributed by atoms with Gasteiger partial charge in [0, 0.05) is 79.1 Å². The van der Waals surface area contributed by atoms with Crippen molar-refractivity contribution in [3.8, 4) is 0 Å². The van der Waals surface area contributed by atoms with Crippen molar-refractivity contribution in [1.29, 1.82) is 0 Å². The Morgan fingerprint density at radius 2 is 0.571 bits per heavy atom. The van der Waals surface area contributed by atoms with Gasteiger partial charge in [-0.2, -0.15) is 0 Å². The quantitative estimate of drug-likeness (QED) is 0.0222. The van der Waals surface area contributed by atoms with Crippen LogP contribution in [-0.4, -0.2) is 70.1 Å². The van der Waals surface area contributed by atoms with Gasteiger partial charge in [0.15, 0.2) is 0 Å². The molecule has 4 heterocycles. The summed E-state index contributed by atoms with van der Waals surface area (Å²) in [6, 6.07) is 25.6. The predicted molar refractivity (Wildman–Crippen MR) is 333 cm³/mol. The Bertz CT molecular complexity index is 4560. The van der Waals surface area contributed by atoms with Gasteiger partial charge in [-0.1, -0.05) is 165 Å². The average molecular weight is 1110 g/mol. The summed E-state index contributed by atoms with van der Waals surface area (Å²) < 4.78 is 0. The van der Waals surface area contributed by atoms with E-state index in [1.165, 1.54) is 74.0 Å². The highest BCUT2D eigenvalue weighted by Gasteiger charge is 2.38. The summed E-state index contributed by atoms with van der Waals surface area (Å²) in [6.07, 6.45) is 23.6. The number of carbonyl (C=O) groups is 8. The van der Waals surface area contributed by atoms with E-state index in [0.717, 1.165) is 82.6 Å². The van der Waals surface area contributed by atoms with Gasteiger partial charge in [-0.05, 0) is 137 Å². The number of imide groups is 4. The molecule has 4 aliphatic rings. The Labute approximate surface area is 485 Å². The third-order valence-corrected chi connectivity index (χ3v) is 18.8. The van der Waals surface area contributed by atoms with Crippen molar-refractivity contribution in [3.05, 3.63) is 141 Å². The maximum atomic E-state index is 15.1. The highest BCUT2D eigenvalue weighted by molar-refractivity contribution is 6.44. The molecule has 0 aliphatic carbocycles. The number of fused-ring (bicyclic) bond motifs is 4. The normalized spacial score (nSPS) is 15.1. The Hall–Kier alpha value is -8.90. The van der Waals surface area contributed by atoms with Crippen LogP contribution >= 0.6 is 0 Å². The number of hydrogen-bond acceptors (Lipinski definition) is 8. The van der Waals surface area contributed by atoms with Crippen molar-refractivity contribution < 1.29 is 38.4 Å². The molecule has 0 bridgehead atoms. The van der Waals surface area contributed by atoms with E-state index in [4.69, 9.17) is 0 Å². The van der Waals surface area contributed by atoms with Gasteiger partial charge in [-0.25, -0.2) is 0 Å². The van der Waals surface area contributed by atoms with E-state index in [-0.39, 0.29) is 30.2 Å². The lowest BCUT2D eigenvalue weighted by Crippen LogP contribution is -2.41. The number of amides is 8. The van der Waals surface area contributed by atoms with E-state index in [2.05, 4.69) is 24.5 Å². The van der Waals surface area contributed by atoms with Crippen LogP contribution in [0.3, 0.4) is 0 Å². The summed E-state index contributed by atoms with van der Waals surface area (Å²) >= 11 is 0. The third kappa shape index (κ3) is 8.14. The SMILES string of the molecule is CCCCCCCCCCCN1C(=O)c2ccc3c4ccc5c6c(cc(/C=C/c7cc8c9c(ccc%10c%11ccc%12c%13c(ccc(c7c9%10)c%13%11)C(=O)NC%12=O)C(=O)N(CCCCCCCCCCC)C8=O)c(c7ccc(c2c37)C1=O)c64)C(=O)NC5=O. The molecule has 2 N–H and O–H groups in total. The molecular weight excluding hydrogens is 1050 g/mol. The smallest absolute Gasteiger partial charge is 0.261 e. The first-order valence-corrected chi connectivity index (χ1v) is 30.6. The molecule has 10 aromatic carbocycles. The van der Waals surface area contributed by atoms with Gasteiger partial charge < -0.3 is 0 Å². The standard InChI is InChI=1S/C72H64N4O8/c1-3-5-7-9-11-13-15-17-19-35-75-69(81)50-32-25-42-43-24-30-49-60-53(68(80)74-67(49)79)37-39(55(63(43)60)46-28-34-51(70(75)82)61(50)58(42)46)21-22-40-38-54-62-52(71(83)76(72(54)84)36-20-18-16-14-12-10-8-6-4-2)33-26-44-41-23-29-47-59-48(66(78)73-65(47)77)31-27-45(57(41)59)56(40)64(44)62/h21-34,37-38H,3-20,35-36H2,1-2H3,(H,73,77,78)(H,74,79,80)/b22-21+. The van der Waals surface area contributed by atoms with Crippen LogP contribution in [0.15, 0.2) is 84.9 Å². The number of rotatable bonds is 22. The molecule has 0 fully saturated rings. The van der Waals surface area contributed by atoms with Gasteiger partial charge in [-0.3, -0.25) is 58.8 Å². The maximum absolute atomic E-state index is 15.1. The Kier molecular flexibility index (Phi) is 13.3. The lowest BCUT2D eigenvalue weighted by Gasteiger charge is -2.30. The molecule has 84 heavy (non-hydrogen) atoms. The van der Waals surface area contributed by atoms with Crippen LogP contribution in [0.5, 0.6) is 0 Å². The molecule has 0 atom stereocenters. The van der Waals surface area contributed by atoms with Crippen molar-refractivity contribution in [2.45, 2.75) is 129 Å². The number of benzene rings is 10. The first-order valence-electron chi connectivity index (χ1n) is 30.6. The highest BCUT2D eigenvalue weighted by atomic mass is 16.2. The van der Waals surface area contributed by atoms with Crippen molar-refractivity contribution in [2.24, 2.45) is 0 Å². The second-order valence-corrected chi connectivity index (χ2v) is 23.8. The van der Waals surface area contributed by atoms with Crippen LogP contribution in [0.1, 0.15) is 223 Å². The Morgan fingerprint density at radius 3 is 0.976 bits per heavy atom. The van der Waals surface area contributed by atoms with E-state index in [1.54, 1.807) is 36.4 Å². The summed E-state index contributed by atoms with van der Waals surface area (Å²) in [5.41, 5.74) is 4.26. The molecular formula is C72H64N4O8. The lowest BCUT2D eigenvalue weighted by molar-refractivity contribution is 0.0592. The van der Waals surface area contributed by atoms with Crippen LogP contribution < -0.4 is 10.6 Å². The zero-order valence-corrected chi connectivity index (χ0v) is 47.5. The fourth-order valence-corrected chi connectivity index (χ4v) is 14.8. The second-order valence-electron chi connectivity index (χ2n) is 23.8. The van der Waals surface area contributed by atoms with Gasteiger partial charge >= 0.3 is 0 Å². The number of unbranched alkanes of at least 4 members (excludes halogenated alkanes) is 16. The number of nitrogens with one attached hydrogen (secondary N) is 2. The van der Waals surface area contributed by atoms with Gasteiger partial charge in [0.25, 0.3) is 47.3 Å². The molecule has 0 unspecified atom stereocenters. The minimum atomic E-state index is -0.551. The fraction of sp³-hybridized carbons (Fsp3) is 0.306. The highest BCUT2D eigenvalue weighted by Crippen LogP contribution is 2.50. The molecule has 10 aromatic rings. The van der Waals surface area contributed by atoms with Crippen LogP contribution in [0.4, 0.5) is 0 Å². The van der Waals surface area contributed by atoms with Gasteiger partial charge in [0.2, 0.25) is 0 Å². The topological polar surface area (TPSA) is 167 Å². The summed E-state index contributed by atoms with van der Waals surface area (Å²) in [5, 5.41) is 15.9. The van der Waals surface area contributed by atoms with Crippen LogP contribution in [0.25, 0.3) is 98.3 Å². The minimum absolute atomic E-state index is 0.274. The molecule has 8 amide bonds. The lowest BCUT2D eigenvalue weighted by atomic mass is 9.80. The van der Waals surface area contributed by atoms with Crippen LogP contribution in [0.2, 0.25) is 0 Å². The molecule has 12 nitrogen and oxygen atoms in total. The van der Waals surface area contributed by atoms with Crippen molar-refractivity contribution in [3.63, 3.8) is 0 Å². The zero-order chi connectivity index (χ0) is 57.7. The van der Waals surface area contributed by atoms with E-state index in [1.807, 2.05) is 60.7 Å². The summed E-state index contributed by atoms with van der Waals surface area (Å²) in [5.74, 6) is -3.47. The van der Waals surface area contributed by atoms with Crippen LogP contribution in [-0.2, 0) is 0 Å². The van der Waals surface area contributed by atoms with Crippen molar-refractivity contribution >= 4 is 146 Å². The van der Waals surface area contributed by atoms with Gasteiger partial charge in [-0.15, -0.1) is 0 Å². The predicted octanol–water partition coefficient (Wildman–Crippen LogP) is 16.0. The van der Waals surface area contributed by atoms with Crippen LogP contribution in [0, 0.1) is 0 Å². The summed E-state index contributed by atoms with van der Waals surface area (Å²) in [4.78, 5) is 117. The number of carbonyl (C=O) groups excluding carboxylic acids is 8. The molecule has 0 aromatic heterocycles. The Morgan fingerprint density at radius 1 is 0.286 bits per heavy atom. The second kappa shape index (κ2) is 21.1. The molecule has 0 saturated heterocycles. The van der Waals surface area contributed by atoms with E-state index < -0.39 is 23.6 Å². The van der Waals surface area contributed by atoms with Gasteiger partial charge in [0.05, 0.1) is 0 Å². The summed E-state index contributed by atoms with van der Waals surface area (Å²) in [7, 11) is 0. The molecule has 0 saturated carbocycles. The van der Waals surface area contributed by atoms with E-state index >= 15 is 4.79 Å². The first-order chi connectivity index (χ1) is 41.0. The first kappa shape index (κ1) is 53.1. The number of hydrogen-bond donors (Lipinski definition) is 2. The molecule has 14 rings (SSSR count). The molecule has 4 aliphatic heterocycles. The maximum Gasteiger partial charge on any atom is 0.261 e. The monoisotopic (exact) mass is 1110 g/mol. The van der Waals surface area contributed by atoms with E-state index in [9.17, 15) is 33.6 Å². The zero-order valence-electron chi connectivity index (χ0n) is 47.5. The fourth-order valence-electron chi connectivity index (χ4n) is 14.8. The summed E-state index contributed by atoms with van der Waals surface area (Å²) in [6.45, 7) is 5.03. The average Bonchev–Trinajstić information content (AvgIpc) is 1.02. The molecule has 420 valence electrons. The Balaban J connectivity index is 0.936. The van der Waals surface area contributed by atoms with Gasteiger partial charge in [0.1, 0.15) is 0 Å².